The van der Waals surface area contributed by atoms with Crippen LogP contribution in [0.3, 0.4) is 0 Å². The number of nitrogens with two attached hydrogens (primary N) is 1. The van der Waals surface area contributed by atoms with Crippen molar-refractivity contribution in [2.75, 3.05) is 6.61 Å². The van der Waals surface area contributed by atoms with Crippen molar-refractivity contribution in [1.82, 2.24) is 0 Å². The summed E-state index contributed by atoms with van der Waals surface area (Å²) in [6, 6.07) is 4.85. The van der Waals surface area contributed by atoms with E-state index in [2.05, 4.69) is 4.74 Å². The molecule has 1 rings (SSSR count). The van der Waals surface area contributed by atoms with Crippen molar-refractivity contribution in [3.8, 4) is 5.75 Å². The van der Waals surface area contributed by atoms with Crippen molar-refractivity contribution < 1.29 is 27.4 Å². The summed E-state index contributed by atoms with van der Waals surface area (Å²) in [6.45, 7) is -0.0933. The SMILES string of the molecule is Cl.N[C@H](CCCO)c1ccccc1OC(F)(F)C(F)F. The Morgan fingerprint density at radius 2 is 1.85 bits per heavy atom. The van der Waals surface area contributed by atoms with Crippen molar-refractivity contribution >= 4 is 12.4 Å². The minimum absolute atomic E-state index is 0. The van der Waals surface area contributed by atoms with Crippen LogP contribution in [0.4, 0.5) is 17.6 Å². The number of rotatable bonds is 7. The molecule has 0 saturated heterocycles. The van der Waals surface area contributed by atoms with Crippen LogP contribution in [0.2, 0.25) is 0 Å². The second-order valence-electron chi connectivity index (χ2n) is 3.97. The number of ether oxygens (including phenoxy) is 1. The van der Waals surface area contributed by atoms with Crippen LogP contribution >= 0.6 is 12.4 Å². The first-order valence-electron chi connectivity index (χ1n) is 5.69. The Balaban J connectivity index is 0.00000361. The van der Waals surface area contributed by atoms with Gasteiger partial charge in [0.15, 0.2) is 0 Å². The zero-order valence-corrected chi connectivity index (χ0v) is 11.3. The molecule has 0 aliphatic rings. The van der Waals surface area contributed by atoms with E-state index in [1.54, 1.807) is 6.07 Å². The average Bonchev–Trinajstić information content (AvgIpc) is 2.36. The van der Waals surface area contributed by atoms with Crippen molar-refractivity contribution in [3.63, 3.8) is 0 Å². The van der Waals surface area contributed by atoms with Gasteiger partial charge in [-0.05, 0) is 18.9 Å². The number of para-hydroxylation sites is 1. The molecular formula is C12H16ClF4NO2. The standard InChI is InChI=1S/C12H15F4NO2.ClH/c13-11(14)12(15,16)19-10-6-2-1-4-8(10)9(17)5-3-7-18;/h1-2,4,6,9,11,18H,3,5,7,17H2;1H/t9-;/m1./s1. The number of aliphatic hydroxyl groups is 1. The third-order valence-corrected chi connectivity index (χ3v) is 2.49. The largest absolute Gasteiger partial charge is 0.461 e. The summed E-state index contributed by atoms with van der Waals surface area (Å²) < 4.78 is 54.0. The summed E-state index contributed by atoms with van der Waals surface area (Å²) in [6.07, 6.45) is -7.78. The number of aliphatic hydroxyl groups excluding tert-OH is 1. The molecule has 0 fully saturated rings. The first-order valence-corrected chi connectivity index (χ1v) is 5.69. The highest BCUT2D eigenvalue weighted by Gasteiger charge is 2.44. The van der Waals surface area contributed by atoms with Crippen molar-refractivity contribution in [1.29, 1.82) is 0 Å². The molecule has 0 heterocycles. The van der Waals surface area contributed by atoms with E-state index in [4.69, 9.17) is 10.8 Å². The van der Waals surface area contributed by atoms with Crippen LogP contribution < -0.4 is 10.5 Å². The van der Waals surface area contributed by atoms with Crippen LogP contribution in [0.25, 0.3) is 0 Å². The summed E-state index contributed by atoms with van der Waals surface area (Å²) in [5, 5.41) is 8.68. The first-order chi connectivity index (χ1) is 8.88. The Morgan fingerprint density at radius 1 is 1.25 bits per heavy atom. The van der Waals surface area contributed by atoms with Gasteiger partial charge in [0, 0.05) is 18.2 Å². The van der Waals surface area contributed by atoms with Gasteiger partial charge in [-0.15, -0.1) is 12.4 Å². The van der Waals surface area contributed by atoms with E-state index < -0.39 is 18.6 Å². The van der Waals surface area contributed by atoms with Gasteiger partial charge in [-0.25, -0.2) is 0 Å². The average molecular weight is 318 g/mol. The lowest BCUT2D eigenvalue weighted by Crippen LogP contribution is -2.34. The molecule has 8 heteroatoms. The van der Waals surface area contributed by atoms with Gasteiger partial charge in [0.05, 0.1) is 0 Å². The molecule has 1 aromatic rings. The van der Waals surface area contributed by atoms with Gasteiger partial charge < -0.3 is 15.6 Å². The van der Waals surface area contributed by atoms with Crippen LogP contribution in [0.15, 0.2) is 24.3 Å². The summed E-state index contributed by atoms with van der Waals surface area (Å²) in [5.74, 6) is -0.377. The molecule has 1 aromatic carbocycles. The Bertz CT molecular complexity index is 407. The minimum atomic E-state index is -4.56. The maximum Gasteiger partial charge on any atom is 0.461 e. The summed E-state index contributed by atoms with van der Waals surface area (Å²) in [5.41, 5.74) is 5.96. The quantitative estimate of drug-likeness (QED) is 0.760. The molecule has 3 nitrogen and oxygen atoms in total. The lowest BCUT2D eigenvalue weighted by Gasteiger charge is -2.21. The van der Waals surface area contributed by atoms with E-state index in [1.165, 1.54) is 12.1 Å². The molecule has 3 N–H and O–H groups in total. The monoisotopic (exact) mass is 317 g/mol. The normalized spacial score (nSPS) is 12.9. The Morgan fingerprint density at radius 3 is 2.40 bits per heavy atom. The second kappa shape index (κ2) is 8.28. The third-order valence-electron chi connectivity index (χ3n) is 2.49. The number of halogens is 5. The topological polar surface area (TPSA) is 55.5 Å². The Hall–Kier alpha value is -1.05. The van der Waals surface area contributed by atoms with Crippen LogP contribution in [-0.4, -0.2) is 24.2 Å². The van der Waals surface area contributed by atoms with E-state index in [1.807, 2.05) is 0 Å². The van der Waals surface area contributed by atoms with E-state index in [9.17, 15) is 17.6 Å². The van der Waals surface area contributed by atoms with E-state index in [0.717, 1.165) is 6.07 Å². The minimum Gasteiger partial charge on any atom is -0.428 e. The second-order valence-corrected chi connectivity index (χ2v) is 3.97. The van der Waals surface area contributed by atoms with E-state index in [-0.39, 0.29) is 30.3 Å². The lowest BCUT2D eigenvalue weighted by molar-refractivity contribution is -0.253. The van der Waals surface area contributed by atoms with Gasteiger partial charge in [0.25, 0.3) is 0 Å². The number of benzene rings is 1. The summed E-state index contributed by atoms with van der Waals surface area (Å²) in [7, 11) is 0. The molecule has 0 saturated carbocycles. The Kier molecular flexibility index (Phi) is 7.85. The molecular weight excluding hydrogens is 302 g/mol. The van der Waals surface area contributed by atoms with Crippen LogP contribution in [-0.2, 0) is 0 Å². The van der Waals surface area contributed by atoms with Gasteiger partial charge in [0.2, 0.25) is 0 Å². The molecule has 0 spiro atoms. The lowest BCUT2D eigenvalue weighted by atomic mass is 10.0. The number of hydrogen-bond donors (Lipinski definition) is 2. The van der Waals surface area contributed by atoms with Gasteiger partial charge in [-0.1, -0.05) is 18.2 Å². The first kappa shape index (κ1) is 18.9. The van der Waals surface area contributed by atoms with Crippen molar-refractivity contribution in [3.05, 3.63) is 29.8 Å². The number of hydrogen-bond acceptors (Lipinski definition) is 3. The number of alkyl halides is 4. The predicted octanol–water partition coefficient (Wildman–Crippen LogP) is 3.12. The molecule has 0 bridgehead atoms. The van der Waals surface area contributed by atoms with E-state index in [0.29, 0.717) is 12.8 Å². The molecule has 0 unspecified atom stereocenters. The van der Waals surface area contributed by atoms with Crippen LogP contribution in [0, 0.1) is 0 Å². The van der Waals surface area contributed by atoms with Crippen LogP contribution in [0.5, 0.6) is 5.75 Å². The molecule has 0 aliphatic heterocycles. The molecule has 1 atom stereocenters. The highest BCUT2D eigenvalue weighted by molar-refractivity contribution is 5.85. The maximum atomic E-state index is 12.9. The highest BCUT2D eigenvalue weighted by Crippen LogP contribution is 2.32. The Labute approximate surface area is 120 Å². The summed E-state index contributed by atoms with van der Waals surface area (Å²) in [4.78, 5) is 0. The van der Waals surface area contributed by atoms with Gasteiger partial charge >= 0.3 is 12.5 Å². The van der Waals surface area contributed by atoms with Gasteiger partial charge in [0.1, 0.15) is 5.75 Å². The fourth-order valence-corrected chi connectivity index (χ4v) is 1.54. The predicted molar refractivity (Wildman–Crippen MR) is 68.5 cm³/mol. The molecule has 116 valence electrons. The van der Waals surface area contributed by atoms with Gasteiger partial charge in [-0.3, -0.25) is 0 Å². The molecule has 0 radical (unpaired) electrons. The zero-order valence-electron chi connectivity index (χ0n) is 10.4. The van der Waals surface area contributed by atoms with Crippen molar-refractivity contribution in [2.45, 2.75) is 31.4 Å². The molecule has 20 heavy (non-hydrogen) atoms. The molecule has 0 aromatic heterocycles. The third kappa shape index (κ3) is 5.15. The smallest absolute Gasteiger partial charge is 0.428 e. The van der Waals surface area contributed by atoms with Crippen LogP contribution in [0.1, 0.15) is 24.4 Å². The molecule has 0 amide bonds. The van der Waals surface area contributed by atoms with E-state index >= 15 is 0 Å². The maximum absolute atomic E-state index is 12.9. The highest BCUT2D eigenvalue weighted by atomic mass is 35.5. The summed E-state index contributed by atoms with van der Waals surface area (Å²) >= 11 is 0. The fourth-order valence-electron chi connectivity index (χ4n) is 1.54. The fraction of sp³-hybridized carbons (Fsp3) is 0.500. The zero-order chi connectivity index (χ0) is 14.5. The van der Waals surface area contributed by atoms with Gasteiger partial charge in [-0.2, -0.15) is 17.6 Å². The van der Waals surface area contributed by atoms with Crippen molar-refractivity contribution in [2.24, 2.45) is 5.73 Å². The molecule has 0 aliphatic carbocycles.